The molecular weight excluding hydrogens is 242 g/mol. The predicted molar refractivity (Wildman–Crippen MR) is 82.7 cm³/mol. The molecule has 0 aliphatic heterocycles. The van der Waals surface area contributed by atoms with Gasteiger partial charge < -0.3 is 5.32 Å². The molecule has 100 valence electrons. The molecule has 0 amide bonds. The first kappa shape index (κ1) is 14.9. The van der Waals surface area contributed by atoms with Gasteiger partial charge in [0.05, 0.1) is 5.71 Å². The van der Waals surface area contributed by atoms with E-state index in [0.717, 1.165) is 18.6 Å². The standard InChI is InChI=1S/C14H23N3S/c1-9(2)12-7-6-11(5)13(8-12)16-17-14(18)15-10(3)4/h6,10,12H,1,7-8H2,2-5H3,(H2,15,17,18)/b16-13-/t12-/m0/s1. The van der Waals surface area contributed by atoms with Gasteiger partial charge in [-0.25, -0.2) is 0 Å². The highest BCUT2D eigenvalue weighted by atomic mass is 32.1. The summed E-state index contributed by atoms with van der Waals surface area (Å²) >= 11 is 5.15. The molecule has 4 heteroatoms. The van der Waals surface area contributed by atoms with Crippen molar-refractivity contribution >= 4 is 23.0 Å². The van der Waals surface area contributed by atoms with Crippen molar-refractivity contribution in [3.05, 3.63) is 23.8 Å². The first-order valence-corrected chi connectivity index (χ1v) is 6.76. The van der Waals surface area contributed by atoms with Crippen molar-refractivity contribution in [2.75, 3.05) is 0 Å². The van der Waals surface area contributed by atoms with Crippen LogP contribution in [0.25, 0.3) is 0 Å². The van der Waals surface area contributed by atoms with Gasteiger partial charge in [0.1, 0.15) is 0 Å². The maximum Gasteiger partial charge on any atom is 0.187 e. The number of hydrazone groups is 1. The molecule has 1 atom stereocenters. The second kappa shape index (κ2) is 6.69. The van der Waals surface area contributed by atoms with Crippen LogP contribution in [0.4, 0.5) is 0 Å². The molecule has 0 saturated carbocycles. The molecule has 0 fully saturated rings. The lowest BCUT2D eigenvalue weighted by molar-refractivity contribution is 0.636. The zero-order chi connectivity index (χ0) is 13.7. The van der Waals surface area contributed by atoms with Gasteiger partial charge in [0.25, 0.3) is 0 Å². The van der Waals surface area contributed by atoms with Crippen LogP contribution in [0.2, 0.25) is 0 Å². The fourth-order valence-corrected chi connectivity index (χ4v) is 2.12. The van der Waals surface area contributed by atoms with Gasteiger partial charge in [-0.3, -0.25) is 5.43 Å². The molecular formula is C14H23N3S. The molecule has 3 nitrogen and oxygen atoms in total. The summed E-state index contributed by atoms with van der Waals surface area (Å²) in [5.74, 6) is 0.501. The Morgan fingerprint density at radius 3 is 2.78 bits per heavy atom. The first-order chi connectivity index (χ1) is 8.40. The van der Waals surface area contributed by atoms with Gasteiger partial charge in [0.15, 0.2) is 5.11 Å². The summed E-state index contributed by atoms with van der Waals surface area (Å²) in [5.41, 5.74) is 6.43. The van der Waals surface area contributed by atoms with E-state index in [0.29, 0.717) is 17.1 Å². The highest BCUT2D eigenvalue weighted by molar-refractivity contribution is 7.80. The summed E-state index contributed by atoms with van der Waals surface area (Å²) in [4.78, 5) is 0. The van der Waals surface area contributed by atoms with Crippen LogP contribution in [-0.4, -0.2) is 16.9 Å². The third-order valence-corrected chi connectivity index (χ3v) is 3.22. The minimum absolute atomic E-state index is 0.316. The molecule has 18 heavy (non-hydrogen) atoms. The Hall–Kier alpha value is -1.16. The molecule has 0 aromatic carbocycles. The third kappa shape index (κ3) is 4.61. The summed E-state index contributed by atoms with van der Waals surface area (Å²) in [6.07, 6.45) is 4.23. The summed E-state index contributed by atoms with van der Waals surface area (Å²) in [5, 5.41) is 8.08. The Bertz CT molecular complexity index is 394. The second-order valence-corrected chi connectivity index (χ2v) is 5.58. The van der Waals surface area contributed by atoms with Crippen molar-refractivity contribution in [2.24, 2.45) is 11.0 Å². The number of rotatable bonds is 3. The van der Waals surface area contributed by atoms with Crippen molar-refractivity contribution in [3.63, 3.8) is 0 Å². The quantitative estimate of drug-likeness (QED) is 0.467. The van der Waals surface area contributed by atoms with E-state index in [2.05, 4.69) is 42.3 Å². The molecule has 0 saturated heterocycles. The topological polar surface area (TPSA) is 36.4 Å². The number of nitrogens with one attached hydrogen (secondary N) is 2. The van der Waals surface area contributed by atoms with Gasteiger partial charge in [-0.1, -0.05) is 18.2 Å². The number of thiocarbonyl (C=S) groups is 1. The first-order valence-electron chi connectivity index (χ1n) is 6.35. The van der Waals surface area contributed by atoms with Crippen molar-refractivity contribution in [3.8, 4) is 0 Å². The van der Waals surface area contributed by atoms with E-state index < -0.39 is 0 Å². The highest BCUT2D eigenvalue weighted by Crippen LogP contribution is 2.26. The van der Waals surface area contributed by atoms with Gasteiger partial charge in [-0.15, -0.1) is 0 Å². The van der Waals surface area contributed by atoms with Crippen LogP contribution in [0, 0.1) is 5.92 Å². The van der Waals surface area contributed by atoms with Gasteiger partial charge >= 0.3 is 0 Å². The number of allylic oxidation sites excluding steroid dienone is 3. The molecule has 0 unspecified atom stereocenters. The van der Waals surface area contributed by atoms with Crippen LogP contribution in [0.15, 0.2) is 28.9 Å². The smallest absolute Gasteiger partial charge is 0.187 e. The largest absolute Gasteiger partial charge is 0.359 e. The van der Waals surface area contributed by atoms with Crippen LogP contribution in [0.1, 0.15) is 40.5 Å². The predicted octanol–water partition coefficient (Wildman–Crippen LogP) is 3.15. The molecule has 1 aliphatic carbocycles. The van der Waals surface area contributed by atoms with E-state index >= 15 is 0 Å². The van der Waals surface area contributed by atoms with Crippen LogP contribution in [0.3, 0.4) is 0 Å². The van der Waals surface area contributed by atoms with E-state index in [-0.39, 0.29) is 0 Å². The lowest BCUT2D eigenvalue weighted by Crippen LogP contribution is -2.37. The summed E-state index contributed by atoms with van der Waals surface area (Å²) in [6, 6.07) is 0.316. The molecule has 0 aromatic heterocycles. The van der Waals surface area contributed by atoms with Gasteiger partial charge in [0.2, 0.25) is 0 Å². The lowest BCUT2D eigenvalue weighted by Gasteiger charge is -2.22. The second-order valence-electron chi connectivity index (χ2n) is 5.17. The zero-order valence-corrected chi connectivity index (χ0v) is 12.5. The van der Waals surface area contributed by atoms with E-state index in [4.69, 9.17) is 12.2 Å². The lowest BCUT2D eigenvalue weighted by atomic mass is 9.85. The van der Waals surface area contributed by atoms with Crippen molar-refractivity contribution in [1.29, 1.82) is 0 Å². The third-order valence-electron chi connectivity index (χ3n) is 3.01. The van der Waals surface area contributed by atoms with Crippen LogP contribution in [0.5, 0.6) is 0 Å². The Balaban J connectivity index is 2.64. The maximum absolute atomic E-state index is 5.15. The summed E-state index contributed by atoms with van der Waals surface area (Å²) in [7, 11) is 0. The van der Waals surface area contributed by atoms with Gasteiger partial charge in [-0.2, -0.15) is 5.10 Å². The Morgan fingerprint density at radius 2 is 2.22 bits per heavy atom. The van der Waals surface area contributed by atoms with Crippen LogP contribution in [-0.2, 0) is 0 Å². The Morgan fingerprint density at radius 1 is 1.56 bits per heavy atom. The fourth-order valence-electron chi connectivity index (χ4n) is 1.84. The van der Waals surface area contributed by atoms with E-state index in [9.17, 15) is 0 Å². The maximum atomic E-state index is 5.15. The molecule has 0 heterocycles. The zero-order valence-electron chi connectivity index (χ0n) is 11.7. The minimum atomic E-state index is 0.316. The fraction of sp³-hybridized carbons (Fsp3) is 0.571. The van der Waals surface area contributed by atoms with E-state index in [1.54, 1.807) is 0 Å². The molecule has 0 radical (unpaired) electrons. The van der Waals surface area contributed by atoms with Crippen molar-refractivity contribution in [2.45, 2.75) is 46.6 Å². The molecule has 1 aliphatic rings. The van der Waals surface area contributed by atoms with Crippen LogP contribution >= 0.6 is 12.2 Å². The van der Waals surface area contributed by atoms with Gasteiger partial charge in [-0.05, 0) is 64.2 Å². The number of hydrogen-bond acceptors (Lipinski definition) is 2. The molecule has 1 rings (SSSR count). The van der Waals surface area contributed by atoms with Crippen molar-refractivity contribution < 1.29 is 0 Å². The Labute approximate surface area is 115 Å². The van der Waals surface area contributed by atoms with Crippen LogP contribution < -0.4 is 10.7 Å². The molecule has 0 aromatic rings. The number of hydrogen-bond donors (Lipinski definition) is 2. The van der Waals surface area contributed by atoms with Crippen molar-refractivity contribution in [1.82, 2.24) is 10.7 Å². The molecule has 2 N–H and O–H groups in total. The SMILES string of the molecule is C=C(C)[C@H]1CC=C(C)/C(=N\NC(=S)NC(C)C)C1. The average molecular weight is 265 g/mol. The minimum Gasteiger partial charge on any atom is -0.359 e. The summed E-state index contributed by atoms with van der Waals surface area (Å²) < 4.78 is 0. The van der Waals surface area contributed by atoms with Gasteiger partial charge in [0, 0.05) is 6.04 Å². The average Bonchev–Trinajstić information content (AvgIpc) is 2.26. The Kier molecular flexibility index (Phi) is 5.54. The monoisotopic (exact) mass is 265 g/mol. The molecule has 0 bridgehead atoms. The normalized spacial score (nSPS) is 21.7. The summed E-state index contributed by atoms with van der Waals surface area (Å²) in [6.45, 7) is 12.3. The van der Waals surface area contributed by atoms with E-state index in [1.165, 1.54) is 11.1 Å². The van der Waals surface area contributed by atoms with E-state index in [1.807, 2.05) is 13.8 Å². The highest BCUT2D eigenvalue weighted by Gasteiger charge is 2.18. The number of nitrogens with zero attached hydrogens (tertiary/aromatic N) is 1. The molecule has 0 spiro atoms.